The van der Waals surface area contributed by atoms with Gasteiger partial charge in [0.1, 0.15) is 19.3 Å². The second-order valence-electron chi connectivity index (χ2n) is 24.3. The van der Waals surface area contributed by atoms with Crippen LogP contribution in [0.5, 0.6) is 0 Å². The van der Waals surface area contributed by atoms with Crippen LogP contribution >= 0.6 is 15.6 Å². The molecular formula is C66H128O17P2. The molecule has 0 amide bonds. The molecule has 0 radical (unpaired) electrons. The van der Waals surface area contributed by atoms with Crippen molar-refractivity contribution in [3.05, 3.63) is 0 Å². The minimum atomic E-state index is -4.95. The number of phosphoric ester groups is 2. The maximum absolute atomic E-state index is 13.0. The van der Waals surface area contributed by atoms with Crippen molar-refractivity contribution in [1.29, 1.82) is 0 Å². The Hall–Kier alpha value is -1.94. The zero-order valence-corrected chi connectivity index (χ0v) is 56.5. The molecule has 0 aromatic carbocycles. The first-order chi connectivity index (χ1) is 41.0. The van der Waals surface area contributed by atoms with Crippen LogP contribution in [0.4, 0.5) is 0 Å². The summed E-state index contributed by atoms with van der Waals surface area (Å²) >= 11 is 0. The number of unbranched alkanes of at least 4 members (excludes halogenated alkanes) is 38. The summed E-state index contributed by atoms with van der Waals surface area (Å²) < 4.78 is 67.9. The number of rotatable bonds is 66. The highest BCUT2D eigenvalue weighted by Gasteiger charge is 2.30. The number of hydrogen-bond donors (Lipinski definition) is 3. The molecule has 19 heteroatoms. The maximum Gasteiger partial charge on any atom is 0.472 e. The molecule has 0 aromatic heterocycles. The fraction of sp³-hybridized carbons (Fsp3) is 0.939. The van der Waals surface area contributed by atoms with Gasteiger partial charge in [-0.25, -0.2) is 9.13 Å². The number of carbonyl (C=O) groups excluding carboxylic acids is 4. The van der Waals surface area contributed by atoms with E-state index in [1.807, 2.05) is 0 Å². The van der Waals surface area contributed by atoms with E-state index in [9.17, 15) is 43.2 Å². The van der Waals surface area contributed by atoms with Gasteiger partial charge in [-0.1, -0.05) is 285 Å². The van der Waals surface area contributed by atoms with Crippen LogP contribution in [0.1, 0.15) is 336 Å². The highest BCUT2D eigenvalue weighted by molar-refractivity contribution is 7.47. The highest BCUT2D eigenvalue weighted by Crippen LogP contribution is 2.45. The topological polar surface area (TPSA) is 237 Å². The number of aliphatic hydroxyl groups excluding tert-OH is 1. The number of hydrogen-bond acceptors (Lipinski definition) is 15. The van der Waals surface area contributed by atoms with Crippen molar-refractivity contribution in [2.24, 2.45) is 5.92 Å². The van der Waals surface area contributed by atoms with E-state index in [0.29, 0.717) is 25.7 Å². The lowest BCUT2D eigenvalue weighted by molar-refractivity contribution is -0.161. The van der Waals surface area contributed by atoms with E-state index in [1.165, 1.54) is 154 Å². The van der Waals surface area contributed by atoms with Gasteiger partial charge in [0.15, 0.2) is 12.2 Å². The number of ether oxygens (including phenoxy) is 4. The molecule has 0 fully saturated rings. The van der Waals surface area contributed by atoms with E-state index in [1.54, 1.807) is 0 Å². The molecule has 0 rings (SSSR count). The number of phosphoric acid groups is 2. The molecule has 85 heavy (non-hydrogen) atoms. The Labute approximate surface area is 517 Å². The Morgan fingerprint density at radius 3 is 0.800 bits per heavy atom. The zero-order valence-electron chi connectivity index (χ0n) is 54.7. The molecule has 0 spiro atoms. The Bertz CT molecular complexity index is 1650. The molecule has 0 aliphatic carbocycles. The van der Waals surface area contributed by atoms with Crippen LogP contribution in [0.2, 0.25) is 0 Å². The van der Waals surface area contributed by atoms with Gasteiger partial charge in [-0.05, 0) is 31.6 Å². The lowest BCUT2D eigenvalue weighted by atomic mass is 10.0. The Morgan fingerprint density at radius 1 is 0.318 bits per heavy atom. The van der Waals surface area contributed by atoms with Gasteiger partial charge < -0.3 is 33.8 Å². The molecule has 0 saturated heterocycles. The molecule has 2 unspecified atom stereocenters. The second kappa shape index (κ2) is 59.7. The maximum atomic E-state index is 13.0. The number of aliphatic hydroxyl groups is 1. The third kappa shape index (κ3) is 60.7. The van der Waals surface area contributed by atoms with E-state index in [4.69, 9.17) is 37.0 Å². The summed E-state index contributed by atoms with van der Waals surface area (Å²) in [7, 11) is -9.88. The van der Waals surface area contributed by atoms with Gasteiger partial charge in [0.25, 0.3) is 0 Å². The van der Waals surface area contributed by atoms with Crippen molar-refractivity contribution in [3.63, 3.8) is 0 Å². The number of esters is 4. The summed E-state index contributed by atoms with van der Waals surface area (Å²) in [6.45, 7) is 7.14. The van der Waals surface area contributed by atoms with Crippen molar-refractivity contribution in [2.75, 3.05) is 39.6 Å². The summed E-state index contributed by atoms with van der Waals surface area (Å²) in [5.41, 5.74) is 0. The minimum absolute atomic E-state index is 0.106. The van der Waals surface area contributed by atoms with Gasteiger partial charge in [-0.15, -0.1) is 0 Å². The molecule has 17 nitrogen and oxygen atoms in total. The predicted octanol–water partition coefficient (Wildman–Crippen LogP) is 18.6. The molecule has 3 N–H and O–H groups in total. The average Bonchev–Trinajstić information content (AvgIpc) is 3.59. The van der Waals surface area contributed by atoms with Crippen LogP contribution < -0.4 is 0 Å². The first kappa shape index (κ1) is 83.1. The molecule has 0 aliphatic heterocycles. The predicted molar refractivity (Wildman–Crippen MR) is 340 cm³/mol. The van der Waals surface area contributed by atoms with Crippen molar-refractivity contribution in [1.82, 2.24) is 0 Å². The van der Waals surface area contributed by atoms with Crippen molar-refractivity contribution in [2.45, 2.75) is 355 Å². The third-order valence-corrected chi connectivity index (χ3v) is 17.2. The quantitative estimate of drug-likeness (QED) is 0.0222. The smallest absolute Gasteiger partial charge is 0.462 e. The summed E-state index contributed by atoms with van der Waals surface area (Å²) in [6, 6.07) is 0. The summed E-state index contributed by atoms with van der Waals surface area (Å²) in [5, 5.41) is 10.5. The summed E-state index contributed by atoms with van der Waals surface area (Å²) in [5.74, 6) is -1.34. The molecule has 0 heterocycles. The summed E-state index contributed by atoms with van der Waals surface area (Å²) in [4.78, 5) is 72.0. The van der Waals surface area contributed by atoms with Crippen molar-refractivity contribution in [3.8, 4) is 0 Å². The highest BCUT2D eigenvalue weighted by atomic mass is 31.2. The fourth-order valence-electron chi connectivity index (χ4n) is 9.94. The van der Waals surface area contributed by atoms with Crippen LogP contribution in [0.3, 0.4) is 0 Å². The van der Waals surface area contributed by atoms with Gasteiger partial charge >= 0.3 is 39.5 Å². The van der Waals surface area contributed by atoms with Gasteiger partial charge in [0.2, 0.25) is 0 Å². The molecule has 504 valence electrons. The first-order valence-corrected chi connectivity index (χ1v) is 37.6. The van der Waals surface area contributed by atoms with Gasteiger partial charge in [-0.2, -0.15) is 0 Å². The summed E-state index contributed by atoms with van der Waals surface area (Å²) in [6.07, 6.45) is 44.7. The number of carbonyl (C=O) groups is 4. The van der Waals surface area contributed by atoms with Crippen LogP contribution in [-0.2, 0) is 65.4 Å². The molecule has 5 atom stereocenters. The lowest BCUT2D eigenvalue weighted by Gasteiger charge is -2.21. The van der Waals surface area contributed by atoms with Crippen LogP contribution in [0, 0.1) is 5.92 Å². The normalized spacial score (nSPS) is 14.2. The standard InChI is InChI=1S/C66H128O17P2/c1-6-9-12-15-17-19-21-24-28-32-35-40-45-50-64(69)77-56-62(83-66(71)52-47-42-37-33-29-26-23-22-25-27-30-34-39-43-48-59(4)5)58-81-85(74,75)79-54-60(67)53-78-84(72,73)80-57-61(55-76-63(68)49-44-38-14-11-8-3)82-65(70)51-46-41-36-31-20-18-16-13-10-7-2/h59-62,67H,6-58H2,1-5H3,(H,72,73)(H,74,75)/t60-,61+,62+/m0/s1. The van der Waals surface area contributed by atoms with E-state index >= 15 is 0 Å². The van der Waals surface area contributed by atoms with Gasteiger partial charge in [0, 0.05) is 25.7 Å². The van der Waals surface area contributed by atoms with Crippen LogP contribution in [-0.4, -0.2) is 96.7 Å². The van der Waals surface area contributed by atoms with Gasteiger partial charge in [0.05, 0.1) is 26.4 Å². The molecule has 0 aliphatic rings. The molecule has 0 bridgehead atoms. The zero-order chi connectivity index (χ0) is 62.8. The Morgan fingerprint density at radius 2 is 0.541 bits per heavy atom. The van der Waals surface area contributed by atoms with Crippen molar-refractivity contribution < 1.29 is 80.2 Å². The van der Waals surface area contributed by atoms with E-state index in [0.717, 1.165) is 102 Å². The van der Waals surface area contributed by atoms with Gasteiger partial charge in [-0.3, -0.25) is 37.3 Å². The molecule has 0 saturated carbocycles. The largest absolute Gasteiger partial charge is 0.472 e. The van der Waals surface area contributed by atoms with E-state index < -0.39 is 97.5 Å². The average molecular weight is 1260 g/mol. The van der Waals surface area contributed by atoms with E-state index in [-0.39, 0.29) is 25.7 Å². The Balaban J connectivity index is 5.16. The monoisotopic (exact) mass is 1250 g/mol. The van der Waals surface area contributed by atoms with Crippen molar-refractivity contribution >= 4 is 39.5 Å². The first-order valence-electron chi connectivity index (χ1n) is 34.6. The Kier molecular flexibility index (Phi) is 58.3. The third-order valence-electron chi connectivity index (χ3n) is 15.3. The minimum Gasteiger partial charge on any atom is -0.462 e. The second-order valence-corrected chi connectivity index (χ2v) is 27.2. The molecule has 0 aromatic rings. The van der Waals surface area contributed by atoms with Crippen LogP contribution in [0.15, 0.2) is 0 Å². The van der Waals surface area contributed by atoms with E-state index in [2.05, 4.69) is 34.6 Å². The van der Waals surface area contributed by atoms with Crippen LogP contribution in [0.25, 0.3) is 0 Å². The molecular weight excluding hydrogens is 1130 g/mol. The fourth-order valence-corrected chi connectivity index (χ4v) is 11.5. The lowest BCUT2D eigenvalue weighted by Crippen LogP contribution is -2.30. The SMILES string of the molecule is CCCCCCCCCCCCCCCC(=O)OC[C@H](COP(=O)(O)OC[C@@H](O)COP(=O)(O)OC[C@@H](COC(=O)CCCCCCC)OC(=O)CCCCCCCCCCCC)OC(=O)CCCCCCCCCCCCCCCCC(C)C.